The zero-order valence-corrected chi connectivity index (χ0v) is 16.2. The van der Waals surface area contributed by atoms with Gasteiger partial charge >= 0.3 is 5.97 Å². The maximum Gasteiger partial charge on any atom is 0.305 e. The molecule has 1 atom stereocenters. The van der Waals surface area contributed by atoms with Crippen LogP contribution in [0.2, 0.25) is 0 Å². The predicted octanol–water partition coefficient (Wildman–Crippen LogP) is 3.05. The van der Waals surface area contributed by atoms with Crippen molar-refractivity contribution in [1.82, 2.24) is 5.32 Å². The van der Waals surface area contributed by atoms with E-state index in [2.05, 4.69) is 10.6 Å². The number of hydrogen-bond donors (Lipinski definition) is 3. The van der Waals surface area contributed by atoms with Crippen LogP contribution >= 0.6 is 0 Å². The number of carboxylic acid groups (broad SMARTS) is 1. The molecule has 1 aliphatic carbocycles. The highest BCUT2D eigenvalue weighted by Gasteiger charge is 2.29. The van der Waals surface area contributed by atoms with Crippen LogP contribution < -0.4 is 15.4 Å². The number of nitrogens with one attached hydrogen (secondary N) is 2. The summed E-state index contributed by atoms with van der Waals surface area (Å²) in [7, 11) is 0. The Bertz CT molecular complexity index is 908. The molecule has 7 heteroatoms. The number of benzene rings is 2. The summed E-state index contributed by atoms with van der Waals surface area (Å²) in [4.78, 5) is 35.4. The highest BCUT2D eigenvalue weighted by Crippen LogP contribution is 2.30. The minimum absolute atomic E-state index is 0.00497. The van der Waals surface area contributed by atoms with Gasteiger partial charge in [0.1, 0.15) is 5.75 Å². The molecule has 0 aromatic heterocycles. The number of rotatable bonds is 9. The molecular weight excluding hydrogens is 372 g/mol. The second kappa shape index (κ2) is 9.23. The SMILES string of the molecule is Cc1ccccc1C(CC(=O)O)NC(=O)COc1cccc(NC(=O)C2CC2)c1. The summed E-state index contributed by atoms with van der Waals surface area (Å²) in [5.74, 6) is -0.891. The lowest BCUT2D eigenvalue weighted by molar-refractivity contribution is -0.137. The van der Waals surface area contributed by atoms with Crippen molar-refractivity contribution in [1.29, 1.82) is 0 Å². The van der Waals surface area contributed by atoms with Crippen molar-refractivity contribution < 1.29 is 24.2 Å². The third-order valence-electron chi connectivity index (χ3n) is 4.70. The number of amides is 2. The summed E-state index contributed by atoms with van der Waals surface area (Å²) < 4.78 is 5.53. The van der Waals surface area contributed by atoms with Crippen LogP contribution in [0.5, 0.6) is 5.75 Å². The quantitative estimate of drug-likeness (QED) is 0.604. The zero-order valence-electron chi connectivity index (χ0n) is 16.2. The van der Waals surface area contributed by atoms with Crippen molar-refractivity contribution in [2.45, 2.75) is 32.2 Å². The summed E-state index contributed by atoms with van der Waals surface area (Å²) in [5, 5.41) is 14.7. The van der Waals surface area contributed by atoms with Gasteiger partial charge in [-0.3, -0.25) is 14.4 Å². The topological polar surface area (TPSA) is 105 Å². The van der Waals surface area contributed by atoms with E-state index in [1.54, 1.807) is 36.4 Å². The Labute approximate surface area is 169 Å². The van der Waals surface area contributed by atoms with E-state index in [1.165, 1.54) is 0 Å². The highest BCUT2D eigenvalue weighted by molar-refractivity contribution is 5.94. The van der Waals surface area contributed by atoms with E-state index in [4.69, 9.17) is 4.74 Å². The number of carbonyl (C=O) groups is 3. The largest absolute Gasteiger partial charge is 0.484 e. The second-order valence-electron chi connectivity index (χ2n) is 7.15. The van der Waals surface area contributed by atoms with Gasteiger partial charge in [0, 0.05) is 17.7 Å². The Balaban J connectivity index is 1.58. The molecule has 3 N–H and O–H groups in total. The van der Waals surface area contributed by atoms with E-state index < -0.39 is 17.9 Å². The molecule has 0 saturated heterocycles. The number of aliphatic carboxylic acids is 1. The fourth-order valence-electron chi connectivity index (χ4n) is 3.03. The van der Waals surface area contributed by atoms with Crippen molar-refractivity contribution >= 4 is 23.5 Å². The first-order valence-corrected chi connectivity index (χ1v) is 9.53. The summed E-state index contributed by atoms with van der Waals surface area (Å²) in [6.07, 6.45) is 1.61. The van der Waals surface area contributed by atoms with Crippen LogP contribution in [-0.4, -0.2) is 29.5 Å². The summed E-state index contributed by atoms with van der Waals surface area (Å²) in [6.45, 7) is 1.61. The smallest absolute Gasteiger partial charge is 0.305 e. The molecule has 0 spiro atoms. The molecule has 1 aliphatic rings. The second-order valence-corrected chi connectivity index (χ2v) is 7.15. The molecule has 2 amide bonds. The molecular formula is C22H24N2O5. The zero-order chi connectivity index (χ0) is 20.8. The predicted molar refractivity (Wildman–Crippen MR) is 108 cm³/mol. The van der Waals surface area contributed by atoms with Crippen molar-refractivity contribution in [3.8, 4) is 5.75 Å². The van der Waals surface area contributed by atoms with Gasteiger partial charge in [-0.25, -0.2) is 0 Å². The van der Waals surface area contributed by atoms with Gasteiger partial charge in [-0.2, -0.15) is 0 Å². The fraction of sp³-hybridized carbons (Fsp3) is 0.318. The molecule has 7 nitrogen and oxygen atoms in total. The van der Waals surface area contributed by atoms with Gasteiger partial charge in [-0.1, -0.05) is 30.3 Å². The monoisotopic (exact) mass is 396 g/mol. The molecule has 0 heterocycles. The van der Waals surface area contributed by atoms with Gasteiger partial charge in [0.05, 0.1) is 12.5 Å². The molecule has 0 radical (unpaired) electrons. The molecule has 152 valence electrons. The molecule has 2 aromatic rings. The van der Waals surface area contributed by atoms with Crippen molar-refractivity contribution in [2.24, 2.45) is 5.92 Å². The highest BCUT2D eigenvalue weighted by atomic mass is 16.5. The Morgan fingerprint density at radius 2 is 1.90 bits per heavy atom. The van der Waals surface area contributed by atoms with Gasteiger partial charge in [-0.15, -0.1) is 0 Å². The number of carboxylic acids is 1. The Hall–Kier alpha value is -3.35. The van der Waals surface area contributed by atoms with Crippen molar-refractivity contribution in [3.63, 3.8) is 0 Å². The number of hydrogen-bond acceptors (Lipinski definition) is 4. The van der Waals surface area contributed by atoms with E-state index in [0.717, 1.165) is 24.0 Å². The van der Waals surface area contributed by atoms with E-state index in [1.807, 2.05) is 19.1 Å². The Kier molecular flexibility index (Phi) is 6.49. The maximum atomic E-state index is 12.4. The summed E-state index contributed by atoms with van der Waals surface area (Å²) in [5.41, 5.74) is 2.27. The molecule has 0 aliphatic heterocycles. The molecule has 2 aromatic carbocycles. The molecule has 3 rings (SSSR count). The Morgan fingerprint density at radius 1 is 1.14 bits per heavy atom. The van der Waals surface area contributed by atoms with Gasteiger partial charge in [-0.05, 0) is 43.0 Å². The number of ether oxygens (including phenoxy) is 1. The van der Waals surface area contributed by atoms with E-state index >= 15 is 0 Å². The average molecular weight is 396 g/mol. The first kappa shape index (κ1) is 20.4. The van der Waals surface area contributed by atoms with Crippen LogP contribution in [0.4, 0.5) is 5.69 Å². The van der Waals surface area contributed by atoms with E-state index in [0.29, 0.717) is 11.4 Å². The van der Waals surface area contributed by atoms with Crippen LogP contribution in [0.1, 0.15) is 36.4 Å². The minimum Gasteiger partial charge on any atom is -0.484 e. The van der Waals surface area contributed by atoms with Crippen LogP contribution in [0.25, 0.3) is 0 Å². The van der Waals surface area contributed by atoms with Gasteiger partial charge in [0.2, 0.25) is 5.91 Å². The maximum absolute atomic E-state index is 12.4. The summed E-state index contributed by atoms with van der Waals surface area (Å²) in [6, 6.07) is 13.5. The first-order valence-electron chi connectivity index (χ1n) is 9.53. The third kappa shape index (κ3) is 6.07. The number of carbonyl (C=O) groups excluding carboxylic acids is 2. The average Bonchev–Trinajstić information content (AvgIpc) is 3.52. The van der Waals surface area contributed by atoms with Crippen LogP contribution in [0.3, 0.4) is 0 Å². The van der Waals surface area contributed by atoms with E-state index in [9.17, 15) is 19.5 Å². The van der Waals surface area contributed by atoms with Crippen molar-refractivity contribution in [3.05, 3.63) is 59.7 Å². The normalized spacial score (nSPS) is 14.0. The van der Waals surface area contributed by atoms with Crippen LogP contribution in [0.15, 0.2) is 48.5 Å². The Morgan fingerprint density at radius 3 is 2.59 bits per heavy atom. The fourth-order valence-corrected chi connectivity index (χ4v) is 3.03. The molecule has 29 heavy (non-hydrogen) atoms. The molecule has 1 unspecified atom stereocenters. The third-order valence-corrected chi connectivity index (χ3v) is 4.70. The lowest BCUT2D eigenvalue weighted by Crippen LogP contribution is -2.34. The molecule has 1 fully saturated rings. The number of anilines is 1. The minimum atomic E-state index is -1.00. The summed E-state index contributed by atoms with van der Waals surface area (Å²) >= 11 is 0. The van der Waals surface area contributed by atoms with Crippen LogP contribution in [0, 0.1) is 12.8 Å². The lowest BCUT2D eigenvalue weighted by atomic mass is 9.99. The van der Waals surface area contributed by atoms with Gasteiger partial charge < -0.3 is 20.5 Å². The van der Waals surface area contributed by atoms with Crippen LogP contribution in [-0.2, 0) is 14.4 Å². The number of aryl methyl sites for hydroxylation is 1. The lowest BCUT2D eigenvalue weighted by Gasteiger charge is -2.19. The van der Waals surface area contributed by atoms with Gasteiger partial charge in [0.15, 0.2) is 6.61 Å². The standard InChI is InChI=1S/C22H24N2O5/c1-14-5-2-3-8-18(14)19(12-21(26)27)24-20(25)13-29-17-7-4-6-16(11-17)23-22(28)15-9-10-15/h2-8,11,15,19H,9-10,12-13H2,1H3,(H,23,28)(H,24,25)(H,26,27). The molecule has 0 bridgehead atoms. The van der Waals surface area contributed by atoms with Gasteiger partial charge in [0.25, 0.3) is 5.91 Å². The van der Waals surface area contributed by atoms with E-state index in [-0.39, 0.29) is 24.9 Å². The molecule has 1 saturated carbocycles. The van der Waals surface area contributed by atoms with Crippen molar-refractivity contribution in [2.75, 3.05) is 11.9 Å². The first-order chi connectivity index (χ1) is 13.9.